The van der Waals surface area contributed by atoms with E-state index in [9.17, 15) is 8.78 Å². The van der Waals surface area contributed by atoms with Crippen molar-refractivity contribution in [1.82, 2.24) is 4.90 Å². The van der Waals surface area contributed by atoms with Gasteiger partial charge in [0.2, 0.25) is 5.92 Å². The molecule has 0 bridgehead atoms. The molecule has 0 atom stereocenters. The summed E-state index contributed by atoms with van der Waals surface area (Å²) in [6, 6.07) is 19.0. The molecule has 31 heavy (non-hydrogen) atoms. The number of alkyl halides is 2. The minimum Gasteiger partial charge on any atom is -0.360 e. The van der Waals surface area contributed by atoms with Crippen LogP contribution in [0, 0.1) is 11.3 Å². The van der Waals surface area contributed by atoms with Gasteiger partial charge in [-0.1, -0.05) is 42.5 Å². The van der Waals surface area contributed by atoms with E-state index in [2.05, 4.69) is 48.5 Å². The summed E-state index contributed by atoms with van der Waals surface area (Å²) < 4.78 is 27.2. The maximum atomic E-state index is 13.6. The summed E-state index contributed by atoms with van der Waals surface area (Å²) in [6.07, 6.45) is 7.14. The Morgan fingerprint density at radius 2 is 1.81 bits per heavy atom. The zero-order chi connectivity index (χ0) is 21.7. The summed E-state index contributed by atoms with van der Waals surface area (Å²) in [5, 5.41) is 8.87. The van der Waals surface area contributed by atoms with Gasteiger partial charge in [0.05, 0.1) is 6.07 Å². The predicted octanol–water partition coefficient (Wildman–Crippen LogP) is 7.02. The molecule has 2 aromatic carbocycles. The second kappa shape index (κ2) is 9.70. The molecule has 1 heterocycles. The first-order valence-electron chi connectivity index (χ1n) is 10.7. The summed E-state index contributed by atoms with van der Waals surface area (Å²) in [7, 11) is 0. The first-order valence-corrected chi connectivity index (χ1v) is 11.7. The Kier molecular flexibility index (Phi) is 6.77. The highest BCUT2D eigenvalue weighted by molar-refractivity contribution is 7.99. The van der Waals surface area contributed by atoms with Gasteiger partial charge in [0.1, 0.15) is 6.54 Å². The van der Waals surface area contributed by atoms with E-state index in [1.54, 1.807) is 11.8 Å². The largest absolute Gasteiger partial charge is 0.360 e. The Bertz CT molecular complexity index is 995. The Morgan fingerprint density at radius 1 is 1.06 bits per heavy atom. The van der Waals surface area contributed by atoms with Gasteiger partial charge in [-0.05, 0) is 59.2 Å². The quantitative estimate of drug-likeness (QED) is 0.360. The fourth-order valence-corrected chi connectivity index (χ4v) is 5.20. The van der Waals surface area contributed by atoms with Gasteiger partial charge in [0.15, 0.2) is 0 Å². The van der Waals surface area contributed by atoms with E-state index in [4.69, 9.17) is 5.26 Å². The molecular weight excluding hydrogens is 410 g/mol. The van der Waals surface area contributed by atoms with E-state index in [-0.39, 0.29) is 18.8 Å². The average Bonchev–Trinajstić information content (AvgIpc) is 2.79. The molecule has 1 aliphatic heterocycles. The van der Waals surface area contributed by atoms with Crippen molar-refractivity contribution in [3.63, 3.8) is 0 Å². The number of thioether (sulfide) groups is 1. The van der Waals surface area contributed by atoms with Gasteiger partial charge in [0.25, 0.3) is 0 Å². The normalized spacial score (nSPS) is 18.5. The lowest BCUT2D eigenvalue weighted by atomic mass is 9.79. The molecule has 160 valence electrons. The maximum Gasteiger partial charge on any atom is 0.248 e. The molecule has 2 aromatic rings. The molecule has 0 amide bonds. The van der Waals surface area contributed by atoms with Gasteiger partial charge in [0, 0.05) is 36.2 Å². The summed E-state index contributed by atoms with van der Waals surface area (Å²) in [6.45, 7) is 1.20. The van der Waals surface area contributed by atoms with Crippen LogP contribution >= 0.6 is 11.8 Å². The van der Waals surface area contributed by atoms with Crippen LogP contribution in [-0.2, 0) is 0 Å². The van der Waals surface area contributed by atoms with Crippen LogP contribution in [0.15, 0.2) is 77.4 Å². The fraction of sp³-hybridized carbons (Fsp3) is 0.346. The maximum absolute atomic E-state index is 13.6. The van der Waals surface area contributed by atoms with Crippen LogP contribution in [0.4, 0.5) is 8.78 Å². The molecule has 0 unspecified atom stereocenters. The number of rotatable bonds is 6. The SMILES string of the molecule is N#CCN1C=CC=C(CSc2ccc(-c3ccccc3C3CCC(F)(F)CC3)cc2)C1. The number of allylic oxidation sites excluding steroid dienone is 2. The van der Waals surface area contributed by atoms with Crippen molar-refractivity contribution in [2.45, 2.75) is 42.4 Å². The third kappa shape index (κ3) is 5.57. The summed E-state index contributed by atoms with van der Waals surface area (Å²) >= 11 is 1.79. The van der Waals surface area contributed by atoms with E-state index < -0.39 is 5.92 Å². The molecule has 0 saturated heterocycles. The van der Waals surface area contributed by atoms with Crippen molar-refractivity contribution in [3.05, 3.63) is 78.0 Å². The molecule has 0 spiro atoms. The Labute approximate surface area is 187 Å². The first kappa shape index (κ1) is 21.6. The second-order valence-corrected chi connectivity index (χ2v) is 9.31. The number of halogens is 2. The lowest BCUT2D eigenvalue weighted by Gasteiger charge is -2.29. The van der Waals surface area contributed by atoms with Gasteiger partial charge in [-0.3, -0.25) is 0 Å². The third-order valence-corrected chi connectivity index (χ3v) is 7.14. The minimum atomic E-state index is -2.50. The Balaban J connectivity index is 1.42. The number of hydrogen-bond acceptors (Lipinski definition) is 3. The van der Waals surface area contributed by atoms with E-state index in [1.165, 1.54) is 16.0 Å². The van der Waals surface area contributed by atoms with Crippen molar-refractivity contribution >= 4 is 11.8 Å². The van der Waals surface area contributed by atoms with Gasteiger partial charge in [-0.15, -0.1) is 11.8 Å². The Morgan fingerprint density at radius 3 is 2.55 bits per heavy atom. The van der Waals surface area contributed by atoms with Crippen LogP contribution in [0.1, 0.15) is 37.2 Å². The number of benzene rings is 2. The van der Waals surface area contributed by atoms with Gasteiger partial charge < -0.3 is 4.90 Å². The highest BCUT2D eigenvalue weighted by Gasteiger charge is 2.35. The molecule has 5 heteroatoms. The highest BCUT2D eigenvalue weighted by Crippen LogP contribution is 2.43. The minimum absolute atomic E-state index is 0.0155. The topological polar surface area (TPSA) is 27.0 Å². The highest BCUT2D eigenvalue weighted by atomic mass is 32.2. The lowest BCUT2D eigenvalue weighted by Crippen LogP contribution is -2.23. The van der Waals surface area contributed by atoms with Gasteiger partial charge in [-0.25, -0.2) is 8.78 Å². The monoisotopic (exact) mass is 436 g/mol. The van der Waals surface area contributed by atoms with E-state index in [0.717, 1.165) is 23.4 Å². The predicted molar refractivity (Wildman–Crippen MR) is 123 cm³/mol. The van der Waals surface area contributed by atoms with Crippen LogP contribution in [0.3, 0.4) is 0 Å². The summed E-state index contributed by atoms with van der Waals surface area (Å²) in [5.74, 6) is -1.41. The molecule has 4 rings (SSSR count). The average molecular weight is 437 g/mol. The van der Waals surface area contributed by atoms with Gasteiger partial charge in [-0.2, -0.15) is 5.26 Å². The molecule has 2 aliphatic rings. The zero-order valence-electron chi connectivity index (χ0n) is 17.4. The third-order valence-electron chi connectivity index (χ3n) is 6.02. The van der Waals surface area contributed by atoms with Crippen LogP contribution in [0.5, 0.6) is 0 Å². The fourth-order valence-electron chi connectivity index (χ4n) is 4.33. The molecule has 1 saturated carbocycles. The number of nitrogens with zero attached hydrogens (tertiary/aromatic N) is 2. The van der Waals surface area contributed by atoms with E-state index in [0.29, 0.717) is 19.4 Å². The van der Waals surface area contributed by atoms with Crippen molar-refractivity contribution in [2.75, 3.05) is 18.8 Å². The second-order valence-electron chi connectivity index (χ2n) is 8.26. The van der Waals surface area contributed by atoms with Crippen LogP contribution in [-0.4, -0.2) is 29.7 Å². The summed E-state index contributed by atoms with van der Waals surface area (Å²) in [5.41, 5.74) is 4.78. The van der Waals surface area contributed by atoms with Crippen LogP contribution in [0.25, 0.3) is 11.1 Å². The molecular formula is C26H26F2N2S. The molecule has 1 aliphatic carbocycles. The molecule has 2 nitrogen and oxygen atoms in total. The smallest absolute Gasteiger partial charge is 0.248 e. The molecule has 0 N–H and O–H groups in total. The van der Waals surface area contributed by atoms with Crippen molar-refractivity contribution in [2.24, 2.45) is 0 Å². The Hall–Kier alpha value is -2.58. The van der Waals surface area contributed by atoms with E-state index in [1.807, 2.05) is 29.3 Å². The van der Waals surface area contributed by atoms with Crippen molar-refractivity contribution < 1.29 is 8.78 Å². The number of hydrogen-bond donors (Lipinski definition) is 0. The first-order chi connectivity index (χ1) is 15.0. The summed E-state index contributed by atoms with van der Waals surface area (Å²) in [4.78, 5) is 3.21. The van der Waals surface area contributed by atoms with Crippen molar-refractivity contribution in [1.29, 1.82) is 5.26 Å². The zero-order valence-corrected chi connectivity index (χ0v) is 18.3. The number of nitriles is 1. The van der Waals surface area contributed by atoms with Gasteiger partial charge >= 0.3 is 0 Å². The van der Waals surface area contributed by atoms with Crippen molar-refractivity contribution in [3.8, 4) is 17.2 Å². The lowest BCUT2D eigenvalue weighted by molar-refractivity contribution is -0.0381. The molecule has 1 fully saturated rings. The molecule has 0 aromatic heterocycles. The van der Waals surface area contributed by atoms with Crippen LogP contribution < -0.4 is 0 Å². The standard InChI is InChI=1S/C26H26F2N2S/c27-26(28)13-11-22(12-14-26)25-6-2-1-5-24(25)21-7-9-23(10-8-21)31-19-20-4-3-16-30(18-20)17-15-29/h1-10,16,22H,11-14,17-19H2. The van der Waals surface area contributed by atoms with E-state index >= 15 is 0 Å². The van der Waals surface area contributed by atoms with Crippen LogP contribution in [0.2, 0.25) is 0 Å². The molecule has 0 radical (unpaired) electrons.